The third kappa shape index (κ3) is 2.89. The van der Waals surface area contributed by atoms with Gasteiger partial charge in [-0.3, -0.25) is 11.3 Å². The first-order valence-corrected chi connectivity index (χ1v) is 8.39. The number of hydrogen-bond donors (Lipinski definition) is 2. The molecule has 4 nitrogen and oxygen atoms in total. The first kappa shape index (κ1) is 16.2. The standard InChI is InChI=1S/C16H32N2O2/c1-4-16(5-2,19-6-3)14(18-17)13-8-11-20-15(12-13)9-7-10-15/h13-14,18H,4-12,17H2,1-3H3. The van der Waals surface area contributed by atoms with E-state index in [-0.39, 0.29) is 17.2 Å². The molecule has 0 radical (unpaired) electrons. The Morgan fingerprint density at radius 1 is 1.35 bits per heavy atom. The maximum atomic E-state index is 6.17. The highest BCUT2D eigenvalue weighted by Gasteiger charge is 2.48. The number of ether oxygens (including phenoxy) is 2. The van der Waals surface area contributed by atoms with Crippen LogP contribution in [0.1, 0.15) is 65.7 Å². The van der Waals surface area contributed by atoms with E-state index in [1.165, 1.54) is 19.3 Å². The van der Waals surface area contributed by atoms with Crippen LogP contribution in [0.2, 0.25) is 0 Å². The molecule has 1 spiro atoms. The molecule has 2 aliphatic rings. The average Bonchev–Trinajstić information content (AvgIpc) is 2.45. The number of rotatable bonds is 7. The quantitative estimate of drug-likeness (QED) is 0.557. The molecule has 1 aliphatic heterocycles. The minimum atomic E-state index is -0.142. The second-order valence-electron chi connectivity index (χ2n) is 6.49. The summed E-state index contributed by atoms with van der Waals surface area (Å²) in [6.45, 7) is 8.11. The summed E-state index contributed by atoms with van der Waals surface area (Å²) < 4.78 is 12.2. The van der Waals surface area contributed by atoms with Crippen molar-refractivity contribution in [3.8, 4) is 0 Å². The molecule has 3 N–H and O–H groups in total. The van der Waals surface area contributed by atoms with Gasteiger partial charge in [0, 0.05) is 13.2 Å². The summed E-state index contributed by atoms with van der Waals surface area (Å²) in [5.74, 6) is 6.50. The second kappa shape index (κ2) is 6.73. The Kier molecular flexibility index (Phi) is 5.46. The van der Waals surface area contributed by atoms with Gasteiger partial charge < -0.3 is 9.47 Å². The Morgan fingerprint density at radius 2 is 2.05 bits per heavy atom. The molecule has 2 rings (SSSR count). The van der Waals surface area contributed by atoms with Gasteiger partial charge in [-0.1, -0.05) is 13.8 Å². The Bertz CT molecular complexity index is 301. The zero-order valence-electron chi connectivity index (χ0n) is 13.4. The summed E-state index contributed by atoms with van der Waals surface area (Å²) >= 11 is 0. The largest absolute Gasteiger partial charge is 0.375 e. The molecule has 0 aromatic carbocycles. The molecule has 2 atom stereocenters. The van der Waals surface area contributed by atoms with E-state index in [1.54, 1.807) is 0 Å². The van der Waals surface area contributed by atoms with Crippen LogP contribution in [0.5, 0.6) is 0 Å². The van der Waals surface area contributed by atoms with Gasteiger partial charge in [0.25, 0.3) is 0 Å². The monoisotopic (exact) mass is 284 g/mol. The lowest BCUT2D eigenvalue weighted by molar-refractivity contribution is -0.165. The molecule has 1 saturated carbocycles. The minimum Gasteiger partial charge on any atom is -0.375 e. The molecule has 0 bridgehead atoms. The van der Waals surface area contributed by atoms with E-state index in [0.717, 1.165) is 38.9 Å². The molecule has 118 valence electrons. The van der Waals surface area contributed by atoms with Gasteiger partial charge in [-0.15, -0.1) is 0 Å². The summed E-state index contributed by atoms with van der Waals surface area (Å²) in [4.78, 5) is 0. The van der Waals surface area contributed by atoms with Gasteiger partial charge in [0.2, 0.25) is 0 Å². The topological polar surface area (TPSA) is 56.5 Å². The van der Waals surface area contributed by atoms with Gasteiger partial charge in [-0.05, 0) is 57.8 Å². The lowest BCUT2D eigenvalue weighted by Crippen LogP contribution is -2.61. The van der Waals surface area contributed by atoms with E-state index in [2.05, 4.69) is 26.2 Å². The molecular weight excluding hydrogens is 252 g/mol. The van der Waals surface area contributed by atoms with Crippen LogP contribution in [0.4, 0.5) is 0 Å². The number of hydrogen-bond acceptors (Lipinski definition) is 4. The molecule has 1 saturated heterocycles. The number of hydrazine groups is 1. The predicted molar refractivity (Wildman–Crippen MR) is 81.3 cm³/mol. The van der Waals surface area contributed by atoms with E-state index in [1.807, 2.05) is 0 Å². The molecular formula is C16H32N2O2. The van der Waals surface area contributed by atoms with Crippen molar-refractivity contribution in [2.24, 2.45) is 11.8 Å². The Labute approximate surface area is 123 Å². The maximum absolute atomic E-state index is 6.17. The van der Waals surface area contributed by atoms with Crippen molar-refractivity contribution in [3.05, 3.63) is 0 Å². The van der Waals surface area contributed by atoms with Gasteiger partial charge in [0.1, 0.15) is 0 Å². The van der Waals surface area contributed by atoms with Crippen molar-refractivity contribution >= 4 is 0 Å². The molecule has 0 amide bonds. The molecule has 0 aromatic rings. The van der Waals surface area contributed by atoms with Gasteiger partial charge in [-0.2, -0.15) is 0 Å². The van der Waals surface area contributed by atoms with Crippen LogP contribution in [-0.4, -0.2) is 30.5 Å². The molecule has 4 heteroatoms. The first-order chi connectivity index (χ1) is 9.65. The summed E-state index contributed by atoms with van der Waals surface area (Å²) in [5, 5.41) is 0. The van der Waals surface area contributed by atoms with Gasteiger partial charge in [-0.25, -0.2) is 0 Å². The van der Waals surface area contributed by atoms with Crippen LogP contribution in [-0.2, 0) is 9.47 Å². The Morgan fingerprint density at radius 3 is 2.50 bits per heavy atom. The van der Waals surface area contributed by atoms with Crippen molar-refractivity contribution < 1.29 is 9.47 Å². The molecule has 2 fully saturated rings. The number of nitrogens with two attached hydrogens (primary N) is 1. The van der Waals surface area contributed by atoms with Crippen molar-refractivity contribution in [3.63, 3.8) is 0 Å². The van der Waals surface area contributed by atoms with Crippen molar-refractivity contribution in [2.45, 2.75) is 83.0 Å². The third-order valence-corrected chi connectivity index (χ3v) is 5.64. The highest BCUT2D eigenvalue weighted by molar-refractivity contribution is 5.01. The molecule has 1 aliphatic carbocycles. The third-order valence-electron chi connectivity index (χ3n) is 5.64. The molecule has 1 heterocycles. The van der Waals surface area contributed by atoms with Crippen LogP contribution < -0.4 is 11.3 Å². The van der Waals surface area contributed by atoms with Crippen molar-refractivity contribution in [1.29, 1.82) is 0 Å². The van der Waals surface area contributed by atoms with Gasteiger partial charge in [0.05, 0.1) is 17.2 Å². The van der Waals surface area contributed by atoms with E-state index in [9.17, 15) is 0 Å². The highest BCUT2D eigenvalue weighted by atomic mass is 16.5. The molecule has 0 aromatic heterocycles. The lowest BCUT2D eigenvalue weighted by Gasteiger charge is -2.51. The van der Waals surface area contributed by atoms with E-state index < -0.39 is 0 Å². The van der Waals surface area contributed by atoms with Crippen LogP contribution >= 0.6 is 0 Å². The summed E-state index contributed by atoms with van der Waals surface area (Å²) in [6, 6.07) is 0.221. The van der Waals surface area contributed by atoms with Crippen LogP contribution in [0.25, 0.3) is 0 Å². The number of nitrogens with one attached hydrogen (secondary N) is 1. The maximum Gasteiger partial charge on any atom is 0.0845 e. The zero-order chi connectivity index (χ0) is 14.6. The van der Waals surface area contributed by atoms with Crippen molar-refractivity contribution in [1.82, 2.24) is 5.43 Å². The zero-order valence-corrected chi connectivity index (χ0v) is 13.4. The highest BCUT2D eigenvalue weighted by Crippen LogP contribution is 2.46. The van der Waals surface area contributed by atoms with E-state index in [4.69, 9.17) is 15.3 Å². The fourth-order valence-electron chi connectivity index (χ4n) is 4.26. The summed E-state index contributed by atoms with van der Waals surface area (Å²) in [5.41, 5.74) is 3.13. The van der Waals surface area contributed by atoms with Crippen LogP contribution in [0.15, 0.2) is 0 Å². The summed E-state index contributed by atoms with van der Waals surface area (Å²) in [6.07, 6.45) is 7.97. The second-order valence-corrected chi connectivity index (χ2v) is 6.49. The molecule has 2 unspecified atom stereocenters. The van der Waals surface area contributed by atoms with Crippen LogP contribution in [0.3, 0.4) is 0 Å². The fourth-order valence-corrected chi connectivity index (χ4v) is 4.26. The smallest absolute Gasteiger partial charge is 0.0845 e. The first-order valence-electron chi connectivity index (χ1n) is 8.39. The Hall–Kier alpha value is -0.160. The van der Waals surface area contributed by atoms with Crippen molar-refractivity contribution in [2.75, 3.05) is 13.2 Å². The molecule has 20 heavy (non-hydrogen) atoms. The normalized spacial score (nSPS) is 27.3. The van der Waals surface area contributed by atoms with Gasteiger partial charge >= 0.3 is 0 Å². The SMILES string of the molecule is CCOC(CC)(CC)C(NN)C1CCOC2(CCC2)C1. The fraction of sp³-hybridized carbons (Fsp3) is 1.00. The van der Waals surface area contributed by atoms with E-state index in [0.29, 0.717) is 5.92 Å². The predicted octanol–water partition coefficient (Wildman–Crippen LogP) is 2.76. The minimum absolute atomic E-state index is 0.142. The summed E-state index contributed by atoms with van der Waals surface area (Å²) in [7, 11) is 0. The average molecular weight is 284 g/mol. The van der Waals surface area contributed by atoms with Gasteiger partial charge in [0.15, 0.2) is 0 Å². The lowest BCUT2D eigenvalue weighted by atomic mass is 9.67. The van der Waals surface area contributed by atoms with Crippen LogP contribution in [0, 0.1) is 5.92 Å². The Balaban J connectivity index is 2.12. The van der Waals surface area contributed by atoms with E-state index >= 15 is 0 Å².